The van der Waals surface area contributed by atoms with Crippen LogP contribution in [0.15, 0.2) is 0 Å². The van der Waals surface area contributed by atoms with Crippen molar-refractivity contribution in [2.45, 2.75) is 52.4 Å². The van der Waals surface area contributed by atoms with E-state index < -0.39 is 30.1 Å². The van der Waals surface area contributed by atoms with Gasteiger partial charge in [-0.1, -0.05) is 20.8 Å². The Morgan fingerprint density at radius 3 is 2.46 bits per heavy atom. The van der Waals surface area contributed by atoms with Gasteiger partial charge < -0.3 is 20.1 Å². The average Bonchev–Trinajstić information content (AvgIpc) is 3.29. The SMILES string of the molecule is CCOC(=O)[C@H]1O[C@@H]1C(=O)N[C@@H](CCSC)C(=O)NCC(C)(C)C. The lowest BCUT2D eigenvalue weighted by Gasteiger charge is -2.22. The molecule has 0 radical (unpaired) electrons. The number of carbonyl (C=O) groups excluding carboxylic acids is 3. The third-order valence-electron chi connectivity index (χ3n) is 3.31. The summed E-state index contributed by atoms with van der Waals surface area (Å²) in [5, 5.41) is 5.53. The summed E-state index contributed by atoms with van der Waals surface area (Å²) in [5.74, 6) is -0.484. The molecular formula is C16H28N2O5S. The second kappa shape index (κ2) is 9.27. The molecule has 8 heteroatoms. The van der Waals surface area contributed by atoms with E-state index >= 15 is 0 Å². The van der Waals surface area contributed by atoms with E-state index in [1.54, 1.807) is 18.7 Å². The van der Waals surface area contributed by atoms with Gasteiger partial charge >= 0.3 is 5.97 Å². The fourth-order valence-corrected chi connectivity index (χ4v) is 2.42. The van der Waals surface area contributed by atoms with E-state index in [-0.39, 0.29) is 17.9 Å². The Kier molecular flexibility index (Phi) is 8.02. The maximum absolute atomic E-state index is 12.3. The molecule has 0 aliphatic carbocycles. The normalized spacial score (nSPS) is 20.9. The van der Waals surface area contributed by atoms with Crippen molar-refractivity contribution < 1.29 is 23.9 Å². The fraction of sp³-hybridized carbons (Fsp3) is 0.812. The van der Waals surface area contributed by atoms with E-state index in [0.29, 0.717) is 13.0 Å². The molecular weight excluding hydrogens is 332 g/mol. The number of thioether (sulfide) groups is 1. The van der Waals surface area contributed by atoms with Gasteiger partial charge in [0, 0.05) is 6.54 Å². The third-order valence-corrected chi connectivity index (χ3v) is 3.95. The zero-order chi connectivity index (χ0) is 18.3. The van der Waals surface area contributed by atoms with Crippen LogP contribution in [-0.2, 0) is 23.9 Å². The van der Waals surface area contributed by atoms with Crippen LogP contribution in [0.25, 0.3) is 0 Å². The van der Waals surface area contributed by atoms with Crippen molar-refractivity contribution in [1.29, 1.82) is 0 Å². The Bertz CT molecular complexity index is 464. The van der Waals surface area contributed by atoms with Crippen LogP contribution in [0, 0.1) is 5.41 Å². The van der Waals surface area contributed by atoms with Gasteiger partial charge in [-0.15, -0.1) is 0 Å². The van der Waals surface area contributed by atoms with Gasteiger partial charge in [0.15, 0.2) is 12.2 Å². The molecule has 1 fully saturated rings. The predicted octanol–water partition coefficient (Wildman–Crippen LogP) is 0.717. The van der Waals surface area contributed by atoms with Crippen LogP contribution in [-0.4, -0.2) is 61.2 Å². The highest BCUT2D eigenvalue weighted by atomic mass is 32.2. The minimum atomic E-state index is -0.865. The summed E-state index contributed by atoms with van der Waals surface area (Å²) >= 11 is 1.60. The molecule has 0 unspecified atom stereocenters. The standard InChI is InChI=1S/C16H28N2O5S/c1-6-22-15(21)12-11(23-12)14(20)18-10(7-8-24-5)13(19)17-9-16(2,3)4/h10-12H,6-9H2,1-5H3,(H,17,19)(H,18,20)/t10-,11-,12-/m0/s1. The van der Waals surface area contributed by atoms with E-state index in [4.69, 9.17) is 9.47 Å². The highest BCUT2D eigenvalue weighted by Crippen LogP contribution is 2.24. The monoisotopic (exact) mass is 360 g/mol. The first kappa shape index (κ1) is 20.8. The molecule has 0 bridgehead atoms. The minimum Gasteiger partial charge on any atom is -0.464 e. The first-order chi connectivity index (χ1) is 11.2. The summed E-state index contributed by atoms with van der Waals surface area (Å²) < 4.78 is 9.88. The molecule has 3 atom stereocenters. The lowest BCUT2D eigenvalue weighted by molar-refractivity contribution is -0.144. The number of nitrogens with one attached hydrogen (secondary N) is 2. The van der Waals surface area contributed by atoms with Crippen molar-refractivity contribution in [1.82, 2.24) is 10.6 Å². The molecule has 1 heterocycles. The Labute approximate surface area is 147 Å². The van der Waals surface area contributed by atoms with Crippen LogP contribution < -0.4 is 10.6 Å². The van der Waals surface area contributed by atoms with Gasteiger partial charge in [-0.2, -0.15) is 11.8 Å². The average molecular weight is 360 g/mol. The lowest BCUT2D eigenvalue weighted by atomic mass is 9.97. The van der Waals surface area contributed by atoms with Crippen molar-refractivity contribution in [2.24, 2.45) is 5.41 Å². The molecule has 1 rings (SSSR count). The smallest absolute Gasteiger partial charge is 0.338 e. The fourth-order valence-electron chi connectivity index (χ4n) is 1.95. The van der Waals surface area contributed by atoms with Crippen molar-refractivity contribution in [3.8, 4) is 0 Å². The molecule has 7 nitrogen and oxygen atoms in total. The van der Waals surface area contributed by atoms with Crippen molar-refractivity contribution in [2.75, 3.05) is 25.2 Å². The molecule has 0 aromatic carbocycles. The number of hydrogen-bond acceptors (Lipinski definition) is 6. The van der Waals surface area contributed by atoms with Gasteiger partial charge in [-0.05, 0) is 30.8 Å². The predicted molar refractivity (Wildman–Crippen MR) is 92.7 cm³/mol. The largest absolute Gasteiger partial charge is 0.464 e. The Hall–Kier alpha value is -1.28. The van der Waals surface area contributed by atoms with Gasteiger partial charge in [-0.25, -0.2) is 4.79 Å². The molecule has 1 aliphatic heterocycles. The summed E-state index contributed by atoms with van der Waals surface area (Å²) in [6.45, 7) is 8.50. The topological polar surface area (TPSA) is 97.0 Å². The second-order valence-corrected chi connectivity index (χ2v) is 7.84. The van der Waals surface area contributed by atoms with Crippen molar-refractivity contribution in [3.63, 3.8) is 0 Å². The maximum Gasteiger partial charge on any atom is 0.338 e. The Morgan fingerprint density at radius 1 is 1.25 bits per heavy atom. The zero-order valence-electron chi connectivity index (χ0n) is 15.0. The van der Waals surface area contributed by atoms with Gasteiger partial charge in [0.2, 0.25) is 5.91 Å². The van der Waals surface area contributed by atoms with Gasteiger partial charge in [0.05, 0.1) is 6.61 Å². The molecule has 24 heavy (non-hydrogen) atoms. The summed E-state index contributed by atoms with van der Waals surface area (Å²) in [5.41, 5.74) is -0.0433. The first-order valence-electron chi connectivity index (χ1n) is 8.08. The Balaban J connectivity index is 2.55. The highest BCUT2D eigenvalue weighted by molar-refractivity contribution is 7.98. The van der Waals surface area contributed by atoms with Crippen LogP contribution >= 0.6 is 11.8 Å². The third kappa shape index (κ3) is 7.09. The second-order valence-electron chi connectivity index (χ2n) is 6.85. The Morgan fingerprint density at radius 2 is 1.92 bits per heavy atom. The molecule has 0 saturated carbocycles. The summed E-state index contributed by atoms with van der Waals surface area (Å²) in [7, 11) is 0. The number of esters is 1. The number of amides is 2. The van der Waals surface area contributed by atoms with Crippen molar-refractivity contribution >= 4 is 29.5 Å². The van der Waals surface area contributed by atoms with E-state index in [9.17, 15) is 14.4 Å². The number of epoxide rings is 1. The van der Waals surface area contributed by atoms with E-state index in [1.165, 1.54) is 0 Å². The summed E-state index contributed by atoms with van der Waals surface area (Å²) in [6, 6.07) is -0.639. The highest BCUT2D eigenvalue weighted by Gasteiger charge is 2.52. The lowest BCUT2D eigenvalue weighted by Crippen LogP contribution is -2.50. The number of rotatable bonds is 9. The van der Waals surface area contributed by atoms with Gasteiger partial charge in [0.25, 0.3) is 5.91 Å². The van der Waals surface area contributed by atoms with Gasteiger partial charge in [-0.3, -0.25) is 9.59 Å². The number of hydrogen-bond donors (Lipinski definition) is 2. The first-order valence-corrected chi connectivity index (χ1v) is 9.48. The quantitative estimate of drug-likeness (QED) is 0.464. The molecule has 138 valence electrons. The molecule has 0 aromatic heterocycles. The molecule has 1 aliphatic rings. The van der Waals surface area contributed by atoms with E-state index in [0.717, 1.165) is 5.75 Å². The maximum atomic E-state index is 12.3. The molecule has 2 N–H and O–H groups in total. The van der Waals surface area contributed by atoms with E-state index in [1.807, 2.05) is 27.0 Å². The van der Waals surface area contributed by atoms with Gasteiger partial charge in [0.1, 0.15) is 6.04 Å². The van der Waals surface area contributed by atoms with Crippen LogP contribution in [0.2, 0.25) is 0 Å². The molecule has 0 aromatic rings. The van der Waals surface area contributed by atoms with Crippen LogP contribution in [0.1, 0.15) is 34.1 Å². The minimum absolute atomic E-state index is 0.0433. The molecule has 2 amide bonds. The van der Waals surface area contributed by atoms with E-state index in [2.05, 4.69) is 10.6 Å². The van der Waals surface area contributed by atoms with Crippen LogP contribution in [0.3, 0.4) is 0 Å². The van der Waals surface area contributed by atoms with Crippen LogP contribution in [0.5, 0.6) is 0 Å². The molecule has 0 spiro atoms. The molecule has 1 saturated heterocycles. The number of carbonyl (C=O) groups is 3. The van der Waals surface area contributed by atoms with Crippen LogP contribution in [0.4, 0.5) is 0 Å². The summed E-state index contributed by atoms with van der Waals surface area (Å²) in [4.78, 5) is 36.0. The zero-order valence-corrected chi connectivity index (χ0v) is 15.8. The number of ether oxygens (including phenoxy) is 2. The van der Waals surface area contributed by atoms with Crippen molar-refractivity contribution in [3.05, 3.63) is 0 Å². The summed E-state index contributed by atoms with van der Waals surface area (Å²) in [6.07, 6.45) is 0.729.